The lowest BCUT2D eigenvalue weighted by Gasteiger charge is -2.33. The van der Waals surface area contributed by atoms with Gasteiger partial charge in [-0.15, -0.1) is 0 Å². The van der Waals surface area contributed by atoms with Crippen LogP contribution < -0.4 is 30.6 Å². The van der Waals surface area contributed by atoms with E-state index in [0.717, 1.165) is 0 Å². The predicted molar refractivity (Wildman–Crippen MR) is 126 cm³/mol. The van der Waals surface area contributed by atoms with Crippen LogP contribution >= 0.6 is 0 Å². The lowest BCUT2D eigenvalue weighted by atomic mass is 10.1. The molecule has 0 unspecified atom stereocenters. The molecule has 0 radical (unpaired) electrons. The molecule has 2 aromatic heterocycles. The van der Waals surface area contributed by atoms with E-state index in [1.807, 2.05) is 24.0 Å². The topological polar surface area (TPSA) is 111 Å². The number of carbonyl (C=O) groups excluding carboxylic acids is 1. The summed E-state index contributed by atoms with van der Waals surface area (Å²) in [5.74, 6) is 1.59. The number of ether oxygens (including phenoxy) is 2. The monoisotopic (exact) mass is 452 g/mol. The summed E-state index contributed by atoms with van der Waals surface area (Å²) in [6.45, 7) is 3.68. The molecule has 174 valence electrons. The number of rotatable bonds is 6. The Labute approximate surface area is 191 Å². The minimum absolute atomic E-state index is 0.0129. The number of nitrogens with zero attached hydrogens (tertiary/aromatic N) is 4. The Bertz CT molecular complexity index is 1200. The molecule has 2 N–H and O–H groups in total. The van der Waals surface area contributed by atoms with E-state index in [-0.39, 0.29) is 17.6 Å². The molecule has 0 aliphatic carbocycles. The number of piperidine rings is 1. The van der Waals surface area contributed by atoms with Crippen molar-refractivity contribution >= 4 is 28.7 Å². The lowest BCUT2D eigenvalue weighted by Crippen LogP contribution is -2.47. The van der Waals surface area contributed by atoms with Crippen LogP contribution in [0.1, 0.15) is 19.8 Å². The van der Waals surface area contributed by atoms with Gasteiger partial charge in [-0.1, -0.05) is 0 Å². The molecule has 0 bridgehead atoms. The van der Waals surface area contributed by atoms with Gasteiger partial charge in [-0.05, 0) is 44.0 Å². The van der Waals surface area contributed by atoms with E-state index >= 15 is 0 Å². The molecule has 3 aromatic rings. The number of pyridine rings is 1. The van der Waals surface area contributed by atoms with Crippen LogP contribution in [0.15, 0.2) is 41.3 Å². The predicted octanol–water partition coefficient (Wildman–Crippen LogP) is 2.62. The molecule has 0 spiro atoms. The van der Waals surface area contributed by atoms with Crippen LogP contribution in [-0.2, 0) is 6.54 Å². The molecule has 0 saturated carbocycles. The van der Waals surface area contributed by atoms with Crippen molar-refractivity contribution in [3.8, 4) is 11.5 Å². The number of fused-ring (bicyclic) bond motifs is 1. The van der Waals surface area contributed by atoms with Gasteiger partial charge in [-0.25, -0.2) is 14.8 Å². The Balaban J connectivity index is 1.40. The maximum absolute atomic E-state index is 13.0. The Hall–Kier alpha value is -3.82. The van der Waals surface area contributed by atoms with Gasteiger partial charge in [-0.2, -0.15) is 0 Å². The fourth-order valence-corrected chi connectivity index (χ4v) is 4.04. The largest absolute Gasteiger partial charge is 0.497 e. The minimum atomic E-state index is -0.305. The van der Waals surface area contributed by atoms with Gasteiger partial charge in [0.05, 0.1) is 19.9 Å². The van der Waals surface area contributed by atoms with Gasteiger partial charge in [0.1, 0.15) is 17.0 Å². The highest BCUT2D eigenvalue weighted by atomic mass is 16.5. The number of hydrogen-bond acceptors (Lipinski definition) is 7. The molecule has 1 saturated heterocycles. The number of aromatic nitrogens is 3. The molecule has 1 aromatic carbocycles. The van der Waals surface area contributed by atoms with Crippen molar-refractivity contribution in [2.45, 2.75) is 32.4 Å². The number of nitrogens with one attached hydrogen (secondary N) is 2. The van der Waals surface area contributed by atoms with Crippen molar-refractivity contribution in [3.05, 3.63) is 46.9 Å². The molecule has 10 heteroatoms. The quantitative estimate of drug-likeness (QED) is 0.591. The van der Waals surface area contributed by atoms with Crippen molar-refractivity contribution in [3.63, 3.8) is 0 Å². The third kappa shape index (κ3) is 4.69. The van der Waals surface area contributed by atoms with Crippen molar-refractivity contribution in [2.75, 3.05) is 37.5 Å². The molecule has 33 heavy (non-hydrogen) atoms. The molecule has 10 nitrogen and oxygen atoms in total. The zero-order chi connectivity index (χ0) is 23.4. The Morgan fingerprint density at radius 1 is 1.18 bits per heavy atom. The zero-order valence-corrected chi connectivity index (χ0v) is 19.0. The molecule has 1 fully saturated rings. The van der Waals surface area contributed by atoms with E-state index in [0.29, 0.717) is 66.6 Å². The van der Waals surface area contributed by atoms with Gasteiger partial charge in [0, 0.05) is 37.9 Å². The highest BCUT2D eigenvalue weighted by molar-refractivity contribution is 5.91. The first-order valence-electron chi connectivity index (χ1n) is 10.9. The van der Waals surface area contributed by atoms with E-state index in [9.17, 15) is 9.59 Å². The molecule has 1 aliphatic heterocycles. The van der Waals surface area contributed by atoms with Crippen molar-refractivity contribution in [1.82, 2.24) is 19.9 Å². The lowest BCUT2D eigenvalue weighted by molar-refractivity contribution is 0.245. The second-order valence-corrected chi connectivity index (χ2v) is 7.76. The summed E-state index contributed by atoms with van der Waals surface area (Å²) in [7, 11) is 3.11. The molecular formula is C23H28N6O4. The highest BCUT2D eigenvalue weighted by Gasteiger charge is 2.25. The van der Waals surface area contributed by atoms with Crippen LogP contribution in [0.4, 0.5) is 16.3 Å². The average molecular weight is 453 g/mol. The smallest absolute Gasteiger partial charge is 0.319 e. The van der Waals surface area contributed by atoms with Crippen molar-refractivity contribution < 1.29 is 14.3 Å². The van der Waals surface area contributed by atoms with E-state index in [2.05, 4.69) is 20.6 Å². The van der Waals surface area contributed by atoms with E-state index in [1.165, 1.54) is 7.11 Å². The summed E-state index contributed by atoms with van der Waals surface area (Å²) >= 11 is 0. The van der Waals surface area contributed by atoms with Crippen molar-refractivity contribution in [2.24, 2.45) is 0 Å². The second-order valence-electron chi connectivity index (χ2n) is 7.76. The van der Waals surface area contributed by atoms with Gasteiger partial charge in [-0.3, -0.25) is 9.36 Å². The molecule has 4 rings (SSSR count). The van der Waals surface area contributed by atoms with Crippen LogP contribution in [0, 0.1) is 0 Å². The number of aryl methyl sites for hydroxylation is 1. The Kier molecular flexibility index (Phi) is 6.62. The first-order chi connectivity index (χ1) is 16.0. The zero-order valence-electron chi connectivity index (χ0n) is 19.0. The fourth-order valence-electron chi connectivity index (χ4n) is 4.04. The molecule has 0 atom stereocenters. The maximum atomic E-state index is 13.0. The van der Waals surface area contributed by atoms with Gasteiger partial charge in [0.15, 0.2) is 11.5 Å². The molecule has 3 heterocycles. The Morgan fingerprint density at radius 3 is 2.67 bits per heavy atom. The Morgan fingerprint density at radius 2 is 1.97 bits per heavy atom. The number of benzene rings is 1. The van der Waals surface area contributed by atoms with E-state index in [4.69, 9.17) is 9.47 Å². The summed E-state index contributed by atoms with van der Waals surface area (Å²) in [5.41, 5.74) is 1.71. The van der Waals surface area contributed by atoms with Crippen LogP contribution in [0.3, 0.4) is 0 Å². The molecular weight excluding hydrogens is 424 g/mol. The van der Waals surface area contributed by atoms with Crippen LogP contribution in [0.2, 0.25) is 0 Å². The number of amides is 2. The van der Waals surface area contributed by atoms with Crippen molar-refractivity contribution in [1.29, 1.82) is 0 Å². The van der Waals surface area contributed by atoms with Gasteiger partial charge < -0.3 is 25.0 Å². The maximum Gasteiger partial charge on any atom is 0.319 e. The highest BCUT2D eigenvalue weighted by Crippen LogP contribution is 2.29. The number of carbonyl (C=O) groups is 1. The first-order valence-corrected chi connectivity index (χ1v) is 10.9. The van der Waals surface area contributed by atoms with Gasteiger partial charge in [0.2, 0.25) is 0 Å². The number of hydrogen-bond donors (Lipinski definition) is 2. The third-order valence-corrected chi connectivity index (χ3v) is 5.79. The van der Waals surface area contributed by atoms with Gasteiger partial charge in [0.25, 0.3) is 5.56 Å². The first kappa shape index (κ1) is 22.4. The van der Waals surface area contributed by atoms with Gasteiger partial charge >= 0.3 is 6.03 Å². The summed E-state index contributed by atoms with van der Waals surface area (Å²) in [6.07, 6.45) is 3.07. The minimum Gasteiger partial charge on any atom is -0.497 e. The second kappa shape index (κ2) is 9.76. The molecule has 2 amide bonds. The fraction of sp³-hybridized carbons (Fsp3) is 0.391. The summed E-state index contributed by atoms with van der Waals surface area (Å²) in [4.78, 5) is 36.4. The average Bonchev–Trinajstić information content (AvgIpc) is 2.84. The summed E-state index contributed by atoms with van der Waals surface area (Å²) in [6, 6.07) is 8.56. The van der Waals surface area contributed by atoms with Crippen LogP contribution in [0.25, 0.3) is 11.2 Å². The van der Waals surface area contributed by atoms with E-state index < -0.39 is 0 Å². The van der Waals surface area contributed by atoms with E-state index in [1.54, 1.807) is 36.1 Å². The van der Waals surface area contributed by atoms with Crippen LogP contribution in [0.5, 0.6) is 11.5 Å². The summed E-state index contributed by atoms with van der Waals surface area (Å²) in [5, 5.41) is 5.84. The third-order valence-electron chi connectivity index (χ3n) is 5.79. The standard InChI is InChI=1S/C23H28N6O4/c1-4-29-20-18(6-5-11-24-20)26-21(22(29)30)28-12-9-15(10-13-28)25-23(31)27-17-8-7-16(32-2)14-19(17)33-3/h5-8,11,14-15H,4,9-10,12-13H2,1-3H3,(H2,25,27,31). The SMILES string of the molecule is CCn1c(=O)c(N2CCC(NC(=O)Nc3ccc(OC)cc3OC)CC2)nc2cccnc21. The number of anilines is 2. The molecule has 1 aliphatic rings. The number of methoxy groups -OCH3 is 2. The van der Waals surface area contributed by atoms with Crippen LogP contribution in [-0.4, -0.2) is 53.9 Å². The normalized spacial score (nSPS) is 14.2. The summed E-state index contributed by atoms with van der Waals surface area (Å²) < 4.78 is 12.2. The number of urea groups is 1.